The van der Waals surface area contributed by atoms with Gasteiger partial charge in [0, 0.05) is 41.4 Å². The van der Waals surface area contributed by atoms with Gasteiger partial charge in [-0.25, -0.2) is 4.79 Å². The second-order valence-electron chi connectivity index (χ2n) is 17.5. The van der Waals surface area contributed by atoms with Crippen LogP contribution in [-0.4, -0.2) is 151 Å². The van der Waals surface area contributed by atoms with Gasteiger partial charge in [0.05, 0.1) is 18.2 Å². The number of phenolic OH excluding ortho intramolecular Hbond substituents is 1. The predicted octanol–water partition coefficient (Wildman–Crippen LogP) is -1.54. The van der Waals surface area contributed by atoms with E-state index in [1.54, 1.807) is 54.7 Å². The summed E-state index contributed by atoms with van der Waals surface area (Å²) in [6.45, 7) is 2.54. The van der Waals surface area contributed by atoms with Gasteiger partial charge in [0.2, 0.25) is 41.4 Å². The highest BCUT2D eigenvalue weighted by Crippen LogP contribution is 2.20. The number of carbonyl (C=O) groups excluding carboxylic acids is 7. The molecule has 396 valence electrons. The molecule has 0 saturated carbocycles. The van der Waals surface area contributed by atoms with Gasteiger partial charge in [-0.1, -0.05) is 60.7 Å². The maximum Gasteiger partial charge on any atom is 0.328 e. The van der Waals surface area contributed by atoms with Crippen LogP contribution in [0.25, 0.3) is 10.9 Å². The Balaban J connectivity index is 1.62. The maximum absolute atomic E-state index is 14.6. The predicted molar refractivity (Wildman–Crippen MR) is 277 cm³/mol. The number of thiol groups is 2. The number of carboxylic acids is 1. The standard InChI is InChI=1S/C49H66N10O12S2/c1-26(60)40(48(69)57-39(25-73)47(68)59-41(27(2)61)49(70)71)58-43(64)35(14-8-9-19-50)53-45(66)37(22-30-23-52-34-13-7-6-12-32(30)34)55-44(65)36(21-29-15-17-31(62)18-16-29)54-46(67)38(24-72)56-42(63)33(51)20-28-10-4-3-5-11-28/h3-7,10-13,15-18,23,26-27,33,35-41,52,60-62,72-73H,8-9,14,19-22,24-25,50-51H2,1-2H3,(H,53,66)(H,54,67)(H,55,65)(H,56,63)(H,57,69)(H,58,64)(H,59,68)(H,70,71)/t26-,27-,33+,35+,36+,37-,38+,39+,40+,41+/m1/s1. The first-order chi connectivity index (χ1) is 34.8. The number of aromatic amines is 1. The molecular weight excluding hydrogens is 985 g/mol. The van der Waals surface area contributed by atoms with Crippen LogP contribution in [0.2, 0.25) is 0 Å². The topological polar surface area (TPSA) is 370 Å². The number of H-pyrrole nitrogens is 1. The van der Waals surface area contributed by atoms with Gasteiger partial charge in [0.15, 0.2) is 6.04 Å². The molecule has 0 radical (unpaired) electrons. The number of nitrogens with two attached hydrogens (primary N) is 2. The molecule has 0 bridgehead atoms. The molecule has 1 aromatic heterocycles. The lowest BCUT2D eigenvalue weighted by Gasteiger charge is -2.28. The first kappa shape index (κ1) is 58.9. The van der Waals surface area contributed by atoms with Crippen molar-refractivity contribution in [3.05, 3.63) is 102 Å². The van der Waals surface area contributed by atoms with Crippen LogP contribution in [0.5, 0.6) is 5.75 Å². The van der Waals surface area contributed by atoms with Gasteiger partial charge in [0.25, 0.3) is 0 Å². The van der Waals surface area contributed by atoms with E-state index in [4.69, 9.17) is 11.5 Å². The fourth-order valence-corrected chi connectivity index (χ4v) is 8.09. The number of carbonyl (C=O) groups is 8. The number of fused-ring (bicyclic) bond motifs is 1. The van der Waals surface area contributed by atoms with Crippen molar-refractivity contribution in [1.29, 1.82) is 0 Å². The van der Waals surface area contributed by atoms with Gasteiger partial charge < -0.3 is 74.1 Å². The van der Waals surface area contributed by atoms with E-state index in [9.17, 15) is 58.8 Å². The average molecular weight is 1050 g/mol. The number of aromatic hydroxyl groups is 1. The second kappa shape index (κ2) is 29.1. The number of benzene rings is 3. The Morgan fingerprint density at radius 1 is 0.562 bits per heavy atom. The summed E-state index contributed by atoms with van der Waals surface area (Å²) in [5, 5.41) is 58.2. The average Bonchev–Trinajstić information content (AvgIpc) is 3.77. The quantitative estimate of drug-likeness (QED) is 0.0217. The molecule has 0 spiro atoms. The summed E-state index contributed by atoms with van der Waals surface area (Å²) in [5.74, 6) is -8.38. The van der Waals surface area contributed by atoms with E-state index in [0.29, 0.717) is 28.5 Å². The minimum atomic E-state index is -1.74. The van der Waals surface area contributed by atoms with Crippen LogP contribution in [0.15, 0.2) is 85.1 Å². The van der Waals surface area contributed by atoms with Crippen molar-refractivity contribution in [2.75, 3.05) is 18.1 Å². The molecule has 10 atom stereocenters. The van der Waals surface area contributed by atoms with Crippen LogP contribution < -0.4 is 48.7 Å². The normalized spacial score (nSPS) is 15.3. The van der Waals surface area contributed by atoms with Gasteiger partial charge in [-0.15, -0.1) is 0 Å². The van der Waals surface area contributed by atoms with Crippen molar-refractivity contribution in [3.8, 4) is 5.75 Å². The van der Waals surface area contributed by atoms with Crippen molar-refractivity contribution >= 4 is 83.5 Å². The fourth-order valence-electron chi connectivity index (χ4n) is 7.58. The largest absolute Gasteiger partial charge is 0.508 e. The molecule has 0 fully saturated rings. The number of aliphatic hydroxyl groups is 2. The molecule has 4 rings (SSSR count). The first-order valence-electron chi connectivity index (χ1n) is 23.5. The summed E-state index contributed by atoms with van der Waals surface area (Å²) in [4.78, 5) is 112. The Labute approximate surface area is 432 Å². The van der Waals surface area contributed by atoms with Gasteiger partial charge in [-0.3, -0.25) is 33.6 Å². The summed E-state index contributed by atoms with van der Waals surface area (Å²) in [6.07, 6.45) is -0.943. The minimum Gasteiger partial charge on any atom is -0.508 e. The number of aliphatic hydroxyl groups excluding tert-OH is 2. The third-order valence-corrected chi connectivity index (χ3v) is 12.4. The van der Waals surface area contributed by atoms with E-state index in [-0.39, 0.29) is 55.9 Å². The number of hydrogen-bond acceptors (Lipinski definition) is 15. The molecule has 0 aliphatic heterocycles. The van der Waals surface area contributed by atoms with Crippen molar-refractivity contribution < 1.29 is 58.8 Å². The SMILES string of the molecule is C[C@@H](O)[C@H](NC(=O)[C@H](CS)NC(=O)[C@@H](NC(=O)[C@H](CCCCN)NC(=O)[C@@H](Cc1c[nH]c2ccccc12)NC(=O)[C@H](Cc1ccc(O)cc1)NC(=O)[C@H](CS)NC(=O)[C@@H](N)Cc1ccccc1)[C@@H](C)O)C(=O)O. The van der Waals surface area contributed by atoms with E-state index in [1.165, 1.54) is 31.2 Å². The number of hydrogen-bond donors (Lipinski definition) is 16. The van der Waals surface area contributed by atoms with Crippen LogP contribution in [0, 0.1) is 0 Å². The Morgan fingerprint density at radius 3 is 1.62 bits per heavy atom. The summed E-state index contributed by atoms with van der Waals surface area (Å²) in [6, 6.07) is 10.5. The van der Waals surface area contributed by atoms with Crippen LogP contribution in [0.3, 0.4) is 0 Å². The molecule has 7 amide bonds. The number of rotatable bonds is 29. The van der Waals surface area contributed by atoms with Crippen molar-refractivity contribution in [2.24, 2.45) is 11.5 Å². The van der Waals surface area contributed by atoms with Crippen molar-refractivity contribution in [1.82, 2.24) is 42.2 Å². The summed E-state index contributed by atoms with van der Waals surface area (Å²) < 4.78 is 0. The number of carboxylic acid groups (broad SMARTS) is 1. The zero-order chi connectivity index (χ0) is 53.8. The Hall–Kier alpha value is -6.70. The highest BCUT2D eigenvalue weighted by Gasteiger charge is 2.36. The number of unbranched alkanes of at least 4 members (excludes halogenated alkanes) is 1. The number of aromatic nitrogens is 1. The number of nitrogens with one attached hydrogen (secondary N) is 8. The third-order valence-electron chi connectivity index (χ3n) is 11.7. The van der Waals surface area contributed by atoms with Gasteiger partial charge >= 0.3 is 5.97 Å². The van der Waals surface area contributed by atoms with E-state index >= 15 is 0 Å². The van der Waals surface area contributed by atoms with Crippen molar-refractivity contribution in [3.63, 3.8) is 0 Å². The highest BCUT2D eigenvalue weighted by atomic mass is 32.1. The second-order valence-corrected chi connectivity index (χ2v) is 18.2. The Bertz CT molecular complexity index is 2500. The number of para-hydroxylation sites is 1. The molecule has 0 saturated heterocycles. The van der Waals surface area contributed by atoms with E-state index in [0.717, 1.165) is 12.5 Å². The van der Waals surface area contributed by atoms with Crippen LogP contribution >= 0.6 is 25.3 Å². The smallest absolute Gasteiger partial charge is 0.328 e. The summed E-state index contributed by atoms with van der Waals surface area (Å²) in [5.41, 5.74) is 14.5. The molecule has 4 aromatic rings. The Kier molecular flexibility index (Phi) is 23.5. The van der Waals surface area contributed by atoms with E-state index in [2.05, 4.69) is 67.5 Å². The molecule has 73 heavy (non-hydrogen) atoms. The molecule has 16 N–H and O–H groups in total. The lowest BCUT2D eigenvalue weighted by atomic mass is 10.0. The molecule has 24 heteroatoms. The van der Waals surface area contributed by atoms with E-state index < -0.39 is 108 Å². The van der Waals surface area contributed by atoms with Crippen molar-refractivity contribution in [2.45, 2.75) is 113 Å². The molecule has 3 aromatic carbocycles. The van der Waals surface area contributed by atoms with Crippen LogP contribution in [-0.2, 0) is 57.6 Å². The molecule has 0 aliphatic rings. The third kappa shape index (κ3) is 18.1. The first-order valence-corrected chi connectivity index (χ1v) is 24.8. The monoisotopic (exact) mass is 1050 g/mol. The van der Waals surface area contributed by atoms with Gasteiger partial charge in [0.1, 0.15) is 42.0 Å². The van der Waals surface area contributed by atoms with E-state index in [1.807, 2.05) is 6.07 Å². The molecular formula is C49H66N10O12S2. The zero-order valence-corrected chi connectivity index (χ0v) is 42.1. The van der Waals surface area contributed by atoms with Crippen LogP contribution in [0.1, 0.15) is 49.8 Å². The minimum absolute atomic E-state index is 0.0420. The summed E-state index contributed by atoms with van der Waals surface area (Å²) >= 11 is 8.38. The summed E-state index contributed by atoms with van der Waals surface area (Å²) in [7, 11) is 0. The van der Waals surface area contributed by atoms with Gasteiger partial charge in [-0.05, 0) is 81.0 Å². The molecule has 0 unspecified atom stereocenters. The number of phenols is 1. The highest BCUT2D eigenvalue weighted by molar-refractivity contribution is 7.80. The maximum atomic E-state index is 14.6. The number of aliphatic carboxylic acids is 1. The molecule has 0 aliphatic carbocycles. The lowest BCUT2D eigenvalue weighted by molar-refractivity contribution is -0.145. The lowest BCUT2D eigenvalue weighted by Crippen LogP contribution is -2.62. The fraction of sp³-hybridized carbons (Fsp3) is 0.429. The molecule has 22 nitrogen and oxygen atoms in total. The number of amides is 7. The molecule has 1 heterocycles. The zero-order valence-electron chi connectivity index (χ0n) is 40.3. The van der Waals surface area contributed by atoms with Gasteiger partial charge in [-0.2, -0.15) is 25.3 Å². The Morgan fingerprint density at radius 2 is 1.04 bits per heavy atom. The van der Waals surface area contributed by atoms with Crippen LogP contribution in [0.4, 0.5) is 0 Å².